The van der Waals surface area contributed by atoms with Crippen molar-refractivity contribution in [1.82, 2.24) is 20.1 Å². The summed E-state index contributed by atoms with van der Waals surface area (Å²) in [4.78, 5) is 22.6. The second kappa shape index (κ2) is 8.29. The molecule has 3 aromatic rings. The Hall–Kier alpha value is -2.55. The minimum absolute atomic E-state index is 0.121. The number of aliphatic carboxylic acids is 1. The number of hydrogen-bond donors (Lipinski definition) is 3. The lowest BCUT2D eigenvalue weighted by molar-refractivity contribution is -0.140. The van der Waals surface area contributed by atoms with Crippen LogP contribution in [0.3, 0.4) is 0 Å². The van der Waals surface area contributed by atoms with Crippen LogP contribution in [0.5, 0.6) is 5.75 Å². The Morgan fingerprint density at radius 3 is 2.97 bits per heavy atom. The molecule has 3 N–H and O–H groups in total. The van der Waals surface area contributed by atoms with Gasteiger partial charge in [0.15, 0.2) is 0 Å². The van der Waals surface area contributed by atoms with Crippen molar-refractivity contribution in [3.05, 3.63) is 34.2 Å². The van der Waals surface area contributed by atoms with Crippen molar-refractivity contribution < 1.29 is 19.4 Å². The summed E-state index contributed by atoms with van der Waals surface area (Å²) in [6.45, 7) is 2.94. The van der Waals surface area contributed by atoms with E-state index in [9.17, 15) is 14.7 Å². The molecule has 3 heterocycles. The predicted molar refractivity (Wildman–Crippen MR) is 113 cm³/mol. The number of hydrogen-bond acceptors (Lipinski definition) is 5. The van der Waals surface area contributed by atoms with Crippen LogP contribution in [-0.2, 0) is 16.1 Å². The predicted octanol–water partition coefficient (Wildman–Crippen LogP) is 3.81. The number of rotatable bonds is 8. The van der Waals surface area contributed by atoms with Crippen LogP contribution in [0.1, 0.15) is 31.5 Å². The van der Waals surface area contributed by atoms with Gasteiger partial charge < -0.3 is 19.2 Å². The Labute approximate surface area is 182 Å². The van der Waals surface area contributed by atoms with E-state index in [1.165, 1.54) is 0 Å². The number of fused-ring (bicyclic) bond motifs is 3. The maximum absolute atomic E-state index is 11.6. The molecule has 10 heteroatoms. The summed E-state index contributed by atoms with van der Waals surface area (Å²) >= 11 is 13.0. The summed E-state index contributed by atoms with van der Waals surface area (Å²) in [6.07, 6.45) is 4.60. The molecule has 0 radical (unpaired) electrons. The number of carboxylic acids is 1. The van der Waals surface area contributed by atoms with Gasteiger partial charge >= 0.3 is 5.97 Å². The van der Waals surface area contributed by atoms with Crippen LogP contribution in [0.2, 0.25) is 10.0 Å². The SMILES string of the molecule is CCOc1cc(Cl)c(Cl)c2c1c(-c1cn[nH]c1)c1n2CCC1NC(CC=O)C(=O)O. The molecule has 0 saturated carbocycles. The van der Waals surface area contributed by atoms with Gasteiger partial charge in [0.05, 0.1) is 39.8 Å². The Balaban J connectivity index is 1.97. The lowest BCUT2D eigenvalue weighted by Gasteiger charge is -2.19. The van der Waals surface area contributed by atoms with E-state index < -0.39 is 12.0 Å². The van der Waals surface area contributed by atoms with Gasteiger partial charge in [-0.1, -0.05) is 23.2 Å². The molecule has 4 rings (SSSR count). The van der Waals surface area contributed by atoms with Gasteiger partial charge in [-0.15, -0.1) is 0 Å². The van der Waals surface area contributed by atoms with Crippen molar-refractivity contribution in [1.29, 1.82) is 0 Å². The number of carbonyl (C=O) groups excluding carboxylic acids is 1. The average molecular weight is 451 g/mol. The van der Waals surface area contributed by atoms with E-state index in [1.54, 1.807) is 18.5 Å². The number of aryl methyl sites for hydroxylation is 1. The highest BCUT2D eigenvalue weighted by molar-refractivity contribution is 6.45. The average Bonchev–Trinajstić information content (AvgIpc) is 3.42. The molecule has 0 fully saturated rings. The van der Waals surface area contributed by atoms with Crippen LogP contribution in [0.4, 0.5) is 0 Å². The first-order chi connectivity index (χ1) is 14.5. The second-order valence-corrected chi connectivity index (χ2v) is 7.81. The third-order valence-electron chi connectivity index (χ3n) is 5.32. The van der Waals surface area contributed by atoms with Crippen molar-refractivity contribution in [3.8, 4) is 16.9 Å². The van der Waals surface area contributed by atoms with Gasteiger partial charge in [-0.3, -0.25) is 15.2 Å². The van der Waals surface area contributed by atoms with Crippen molar-refractivity contribution >= 4 is 46.4 Å². The molecule has 1 aliphatic heterocycles. The number of ether oxygens (including phenoxy) is 1. The summed E-state index contributed by atoms with van der Waals surface area (Å²) < 4.78 is 7.92. The first kappa shape index (κ1) is 20.7. The number of aldehydes is 1. The zero-order valence-corrected chi connectivity index (χ0v) is 17.6. The highest BCUT2D eigenvalue weighted by Gasteiger charge is 2.35. The van der Waals surface area contributed by atoms with E-state index in [-0.39, 0.29) is 12.5 Å². The van der Waals surface area contributed by atoms with Gasteiger partial charge in [-0.05, 0) is 13.3 Å². The maximum Gasteiger partial charge on any atom is 0.321 e. The zero-order chi connectivity index (χ0) is 21.4. The van der Waals surface area contributed by atoms with Crippen molar-refractivity contribution in [2.24, 2.45) is 0 Å². The zero-order valence-electron chi connectivity index (χ0n) is 16.1. The normalized spacial score (nSPS) is 16.6. The van der Waals surface area contributed by atoms with Crippen LogP contribution in [0.15, 0.2) is 18.5 Å². The third kappa shape index (κ3) is 3.34. The fraction of sp³-hybridized carbons (Fsp3) is 0.350. The lowest BCUT2D eigenvalue weighted by Crippen LogP contribution is -2.39. The first-order valence-electron chi connectivity index (χ1n) is 9.56. The number of halogens is 2. The number of carboxylic acid groups (broad SMARTS) is 1. The molecule has 2 unspecified atom stereocenters. The molecule has 1 aromatic carbocycles. The lowest BCUT2D eigenvalue weighted by atomic mass is 9.99. The Morgan fingerprint density at radius 1 is 1.53 bits per heavy atom. The molecular weight excluding hydrogens is 431 g/mol. The second-order valence-electron chi connectivity index (χ2n) is 7.03. The summed E-state index contributed by atoms with van der Waals surface area (Å²) in [5.74, 6) is -0.473. The van der Waals surface area contributed by atoms with E-state index >= 15 is 0 Å². The Bertz CT molecular complexity index is 1110. The first-order valence-corrected chi connectivity index (χ1v) is 10.3. The maximum atomic E-state index is 11.6. The van der Waals surface area contributed by atoms with Gasteiger partial charge in [-0.25, -0.2) is 0 Å². The number of aromatic amines is 1. The number of aromatic nitrogens is 3. The number of nitrogens with one attached hydrogen (secondary N) is 2. The Kier molecular flexibility index (Phi) is 5.73. The van der Waals surface area contributed by atoms with Gasteiger partial charge in [0.25, 0.3) is 0 Å². The van der Waals surface area contributed by atoms with Crippen molar-refractivity contribution in [2.75, 3.05) is 6.61 Å². The minimum Gasteiger partial charge on any atom is -0.493 e. The van der Waals surface area contributed by atoms with Crippen molar-refractivity contribution in [3.63, 3.8) is 0 Å². The van der Waals surface area contributed by atoms with Crippen LogP contribution in [0.25, 0.3) is 22.0 Å². The van der Waals surface area contributed by atoms with E-state index in [4.69, 9.17) is 27.9 Å². The van der Waals surface area contributed by atoms with E-state index in [2.05, 4.69) is 15.5 Å². The molecule has 158 valence electrons. The molecule has 0 spiro atoms. The monoisotopic (exact) mass is 450 g/mol. The number of nitrogens with zero attached hydrogens (tertiary/aromatic N) is 2. The highest BCUT2D eigenvalue weighted by atomic mass is 35.5. The largest absolute Gasteiger partial charge is 0.493 e. The van der Waals surface area contributed by atoms with E-state index in [0.29, 0.717) is 41.7 Å². The topological polar surface area (TPSA) is 109 Å². The summed E-state index contributed by atoms with van der Waals surface area (Å²) in [5, 5.41) is 21.1. The molecule has 30 heavy (non-hydrogen) atoms. The van der Waals surface area contributed by atoms with E-state index in [1.807, 2.05) is 11.5 Å². The molecule has 2 aromatic heterocycles. The summed E-state index contributed by atoms with van der Waals surface area (Å²) in [6, 6.07) is 0.413. The van der Waals surface area contributed by atoms with Crippen molar-refractivity contribution in [2.45, 2.75) is 38.4 Å². The number of H-pyrrole nitrogens is 1. The van der Waals surface area contributed by atoms with Gasteiger partial charge in [-0.2, -0.15) is 5.10 Å². The molecule has 0 bridgehead atoms. The standard InChI is InChI=1S/C20H20Cl2N4O4/c1-2-30-14-7-11(21)17(22)19-16(14)15(10-8-23-24-9-10)18-12(3-5-26(18)19)25-13(4-6-27)20(28)29/h6-9,12-13,25H,2-5H2,1H3,(H,23,24)(H,28,29). The van der Waals surface area contributed by atoms with Crippen LogP contribution < -0.4 is 10.1 Å². The molecule has 0 amide bonds. The highest BCUT2D eigenvalue weighted by Crippen LogP contribution is 2.50. The molecule has 1 aliphatic rings. The summed E-state index contributed by atoms with van der Waals surface area (Å²) in [7, 11) is 0. The molecule has 0 saturated heterocycles. The molecule has 0 aliphatic carbocycles. The van der Waals surface area contributed by atoms with Crippen LogP contribution >= 0.6 is 23.2 Å². The quantitative estimate of drug-likeness (QED) is 0.450. The molecule has 2 atom stereocenters. The Morgan fingerprint density at radius 2 is 2.33 bits per heavy atom. The number of benzene rings is 1. The summed E-state index contributed by atoms with van der Waals surface area (Å²) in [5.41, 5.74) is 3.29. The fourth-order valence-corrected chi connectivity index (χ4v) is 4.59. The molecule has 8 nitrogen and oxygen atoms in total. The third-order valence-corrected chi connectivity index (χ3v) is 6.09. The van der Waals surface area contributed by atoms with Crippen LogP contribution in [-0.4, -0.2) is 44.8 Å². The minimum atomic E-state index is -1.07. The van der Waals surface area contributed by atoms with Gasteiger partial charge in [0.2, 0.25) is 0 Å². The van der Waals surface area contributed by atoms with Crippen LogP contribution in [0, 0.1) is 0 Å². The molecular formula is C20H20Cl2N4O4. The van der Waals surface area contributed by atoms with Gasteiger partial charge in [0.1, 0.15) is 18.1 Å². The fourth-order valence-electron chi connectivity index (χ4n) is 4.15. The number of carbonyl (C=O) groups is 2. The van der Waals surface area contributed by atoms with Gasteiger partial charge in [0, 0.05) is 42.0 Å². The van der Waals surface area contributed by atoms with E-state index in [0.717, 1.165) is 27.7 Å². The smallest absolute Gasteiger partial charge is 0.321 e.